The molecule has 156 valence electrons. The number of hydrogen-bond donors (Lipinski definition) is 1. The molecule has 0 radical (unpaired) electrons. The summed E-state index contributed by atoms with van der Waals surface area (Å²) in [5, 5.41) is 4.45. The van der Waals surface area contributed by atoms with Crippen LogP contribution in [0.2, 0.25) is 0 Å². The van der Waals surface area contributed by atoms with Crippen molar-refractivity contribution in [2.45, 2.75) is 6.18 Å². The van der Waals surface area contributed by atoms with Crippen molar-refractivity contribution in [3.63, 3.8) is 0 Å². The van der Waals surface area contributed by atoms with Gasteiger partial charge < -0.3 is 5.73 Å². The van der Waals surface area contributed by atoms with Crippen molar-refractivity contribution in [1.82, 2.24) is 24.7 Å². The zero-order valence-corrected chi connectivity index (χ0v) is 16.1. The molecule has 0 aromatic carbocycles. The first-order chi connectivity index (χ1) is 14.7. The van der Waals surface area contributed by atoms with Crippen LogP contribution in [0.5, 0.6) is 0 Å². The number of nitrogens with zero attached hydrogens (tertiary/aromatic N) is 5. The van der Waals surface area contributed by atoms with Crippen LogP contribution in [0.25, 0.3) is 33.8 Å². The highest BCUT2D eigenvalue weighted by molar-refractivity contribution is 5.94. The first-order valence-electron chi connectivity index (χ1n) is 9.03. The Morgan fingerprint density at radius 3 is 2.55 bits per heavy atom. The van der Waals surface area contributed by atoms with Gasteiger partial charge in [-0.05, 0) is 30.3 Å². The van der Waals surface area contributed by atoms with Crippen LogP contribution < -0.4 is 5.73 Å². The molecule has 0 fully saturated rings. The largest absolute Gasteiger partial charge is 0.417 e. The van der Waals surface area contributed by atoms with E-state index >= 15 is 0 Å². The van der Waals surface area contributed by atoms with Crippen molar-refractivity contribution in [2.75, 3.05) is 0 Å². The number of hydrogen-bond acceptors (Lipinski definition) is 5. The van der Waals surface area contributed by atoms with Gasteiger partial charge in [-0.15, -0.1) is 0 Å². The van der Waals surface area contributed by atoms with E-state index in [0.717, 1.165) is 12.3 Å². The van der Waals surface area contributed by atoms with E-state index in [9.17, 15) is 18.0 Å². The zero-order valence-electron chi connectivity index (χ0n) is 16.1. The maximum atomic E-state index is 13.2. The van der Waals surface area contributed by atoms with Crippen molar-refractivity contribution in [1.29, 1.82) is 0 Å². The van der Waals surface area contributed by atoms with Crippen LogP contribution in [-0.4, -0.2) is 30.6 Å². The van der Waals surface area contributed by atoms with Gasteiger partial charge >= 0.3 is 6.18 Å². The number of aromatic nitrogens is 5. The van der Waals surface area contributed by atoms with E-state index < -0.39 is 17.6 Å². The average molecular weight is 424 g/mol. The number of pyridine rings is 3. The molecule has 10 heteroatoms. The minimum Gasteiger partial charge on any atom is -0.364 e. The molecule has 0 saturated heterocycles. The number of primary amides is 1. The summed E-state index contributed by atoms with van der Waals surface area (Å²) in [5.74, 6) is -0.802. The lowest BCUT2D eigenvalue weighted by Crippen LogP contribution is -2.13. The first kappa shape index (κ1) is 20.2. The minimum absolute atomic E-state index is 0.0839. The van der Waals surface area contributed by atoms with Crippen LogP contribution in [0.1, 0.15) is 16.1 Å². The zero-order chi connectivity index (χ0) is 22.2. The Morgan fingerprint density at radius 2 is 1.87 bits per heavy atom. The van der Waals surface area contributed by atoms with E-state index in [4.69, 9.17) is 5.73 Å². The molecular formula is C21H15F3N6O. The fraction of sp³-hybridized carbons (Fsp3) is 0.0952. The van der Waals surface area contributed by atoms with E-state index in [1.54, 1.807) is 48.4 Å². The van der Waals surface area contributed by atoms with Crippen molar-refractivity contribution in [3.05, 3.63) is 72.4 Å². The van der Waals surface area contributed by atoms with Crippen molar-refractivity contribution < 1.29 is 18.0 Å². The lowest BCUT2D eigenvalue weighted by atomic mass is 9.98. The fourth-order valence-electron chi connectivity index (χ4n) is 3.14. The quantitative estimate of drug-likeness (QED) is 0.538. The number of nitrogens with two attached hydrogens (primary N) is 1. The van der Waals surface area contributed by atoms with Crippen LogP contribution in [0.3, 0.4) is 0 Å². The maximum Gasteiger partial charge on any atom is 0.417 e. The van der Waals surface area contributed by atoms with E-state index in [2.05, 4.69) is 20.1 Å². The third kappa shape index (κ3) is 4.00. The lowest BCUT2D eigenvalue weighted by molar-refractivity contribution is -0.137. The summed E-state index contributed by atoms with van der Waals surface area (Å²) in [7, 11) is 1.71. The van der Waals surface area contributed by atoms with E-state index in [-0.39, 0.29) is 17.0 Å². The number of rotatable bonds is 4. The van der Waals surface area contributed by atoms with Crippen LogP contribution in [-0.2, 0) is 13.2 Å². The number of amides is 1. The predicted octanol–water partition coefficient (Wildman–Crippen LogP) is 3.72. The van der Waals surface area contributed by atoms with E-state index in [0.29, 0.717) is 22.5 Å². The van der Waals surface area contributed by atoms with Gasteiger partial charge in [-0.3, -0.25) is 19.4 Å². The Kier molecular flexibility index (Phi) is 4.97. The lowest BCUT2D eigenvalue weighted by Gasteiger charge is -2.12. The van der Waals surface area contributed by atoms with Crippen LogP contribution in [0.15, 0.2) is 61.2 Å². The summed E-state index contributed by atoms with van der Waals surface area (Å²) >= 11 is 0. The van der Waals surface area contributed by atoms with Crippen LogP contribution in [0, 0.1) is 0 Å². The molecule has 4 aromatic rings. The van der Waals surface area contributed by atoms with Gasteiger partial charge in [0.15, 0.2) is 0 Å². The molecule has 0 unspecified atom stereocenters. The van der Waals surface area contributed by atoms with Crippen LogP contribution in [0.4, 0.5) is 13.2 Å². The average Bonchev–Trinajstić information content (AvgIpc) is 3.15. The Balaban J connectivity index is 1.97. The smallest absolute Gasteiger partial charge is 0.364 e. The molecule has 0 aliphatic rings. The highest BCUT2D eigenvalue weighted by Gasteiger charge is 2.31. The number of carbonyl (C=O) groups is 1. The molecule has 2 N–H and O–H groups in total. The monoisotopic (exact) mass is 424 g/mol. The van der Waals surface area contributed by atoms with Gasteiger partial charge in [0.1, 0.15) is 11.4 Å². The molecule has 4 rings (SSSR count). The second kappa shape index (κ2) is 7.63. The van der Waals surface area contributed by atoms with Gasteiger partial charge in [-0.2, -0.15) is 18.3 Å². The predicted molar refractivity (Wildman–Crippen MR) is 106 cm³/mol. The highest BCUT2D eigenvalue weighted by atomic mass is 19.4. The molecule has 0 spiro atoms. The van der Waals surface area contributed by atoms with Crippen molar-refractivity contribution in [2.24, 2.45) is 12.8 Å². The van der Waals surface area contributed by atoms with Gasteiger partial charge in [0.05, 0.1) is 17.0 Å². The first-order valence-corrected chi connectivity index (χ1v) is 9.03. The normalized spacial score (nSPS) is 11.5. The molecule has 0 atom stereocenters. The Morgan fingerprint density at radius 1 is 1.06 bits per heavy atom. The SMILES string of the molecule is Cn1cc(-c2ccc(C(N)=O)nc2-c2cncc(C(F)(F)F)c2)c(-c2ccccn2)n1. The molecule has 0 saturated carbocycles. The van der Waals surface area contributed by atoms with E-state index in [1.807, 2.05) is 0 Å². The number of halogens is 3. The summed E-state index contributed by atoms with van der Waals surface area (Å²) in [5.41, 5.74) is 6.67. The van der Waals surface area contributed by atoms with Crippen molar-refractivity contribution >= 4 is 5.91 Å². The van der Waals surface area contributed by atoms with Crippen LogP contribution >= 0.6 is 0 Å². The third-order valence-electron chi connectivity index (χ3n) is 4.51. The summed E-state index contributed by atoms with van der Waals surface area (Å²) in [6.45, 7) is 0. The molecule has 7 nitrogen and oxygen atoms in total. The molecule has 4 heterocycles. The van der Waals surface area contributed by atoms with Crippen molar-refractivity contribution in [3.8, 4) is 33.8 Å². The third-order valence-corrected chi connectivity index (χ3v) is 4.51. The molecule has 4 aromatic heterocycles. The second-order valence-corrected chi connectivity index (χ2v) is 6.70. The molecule has 0 bridgehead atoms. The number of alkyl halides is 3. The second-order valence-electron chi connectivity index (χ2n) is 6.70. The molecule has 0 aliphatic heterocycles. The Bertz CT molecular complexity index is 1270. The topological polar surface area (TPSA) is 99.6 Å². The molecule has 1 amide bonds. The highest BCUT2D eigenvalue weighted by Crippen LogP contribution is 2.37. The Hall–Kier alpha value is -4.08. The molecular weight excluding hydrogens is 409 g/mol. The van der Waals surface area contributed by atoms with Gasteiger partial charge in [0, 0.05) is 48.5 Å². The summed E-state index contributed by atoms with van der Waals surface area (Å²) in [4.78, 5) is 24.0. The molecule has 0 aliphatic carbocycles. The molecule has 31 heavy (non-hydrogen) atoms. The van der Waals surface area contributed by atoms with E-state index in [1.165, 1.54) is 12.3 Å². The van der Waals surface area contributed by atoms with Gasteiger partial charge in [0.25, 0.3) is 5.91 Å². The van der Waals surface area contributed by atoms with Gasteiger partial charge in [-0.1, -0.05) is 6.07 Å². The minimum atomic E-state index is -4.59. The summed E-state index contributed by atoms with van der Waals surface area (Å²) < 4.78 is 41.3. The number of carbonyl (C=O) groups excluding carboxylic acids is 1. The number of aryl methyl sites for hydroxylation is 1. The fourth-order valence-corrected chi connectivity index (χ4v) is 3.14. The maximum absolute atomic E-state index is 13.2. The standard InChI is InChI=1S/C21H15F3N6O/c1-30-11-15(19(29-30)16-4-2-3-7-27-16)14-5-6-17(20(25)31)28-18(14)12-8-13(10-26-9-12)21(22,23)24/h2-11H,1H3,(H2,25,31). The van der Waals surface area contributed by atoms with Gasteiger partial charge in [0.2, 0.25) is 0 Å². The Labute approximate surface area is 174 Å². The summed E-state index contributed by atoms with van der Waals surface area (Å²) in [6.07, 6.45) is 0.709. The summed E-state index contributed by atoms with van der Waals surface area (Å²) in [6, 6.07) is 9.24. The van der Waals surface area contributed by atoms with Gasteiger partial charge in [-0.25, -0.2) is 4.98 Å².